The van der Waals surface area contributed by atoms with Crippen LogP contribution in [0.4, 0.5) is 5.69 Å². The average molecular weight is 303 g/mol. The van der Waals surface area contributed by atoms with Gasteiger partial charge in [-0.05, 0) is 56.1 Å². The monoisotopic (exact) mass is 303 g/mol. The number of carbonyl (C=O) groups excluding carboxylic acids is 2. The molecule has 0 unspecified atom stereocenters. The number of nitrogens with zero attached hydrogens (tertiary/aromatic N) is 1. The van der Waals surface area contributed by atoms with Crippen LogP contribution in [0.3, 0.4) is 0 Å². The minimum Gasteiger partial charge on any atom is -0.339 e. The third-order valence-electron chi connectivity index (χ3n) is 4.04. The molecule has 1 aromatic rings. The molecule has 1 heterocycles. The SMILES string of the molecule is CCNCC1CCN(C(=O)c2ccc(NC(C)=O)cc2)CC1. The molecule has 0 spiro atoms. The van der Waals surface area contributed by atoms with Crippen LogP contribution in [0.2, 0.25) is 0 Å². The topological polar surface area (TPSA) is 61.4 Å². The third-order valence-corrected chi connectivity index (χ3v) is 4.04. The second-order valence-corrected chi connectivity index (χ2v) is 5.80. The maximum atomic E-state index is 12.5. The zero-order valence-corrected chi connectivity index (χ0v) is 13.4. The standard InChI is InChI=1S/C17H25N3O2/c1-3-18-12-14-8-10-20(11-9-14)17(22)15-4-6-16(7-5-15)19-13(2)21/h4-7,14,18H,3,8-12H2,1-2H3,(H,19,21). The summed E-state index contributed by atoms with van der Waals surface area (Å²) in [6, 6.07) is 7.09. The van der Waals surface area contributed by atoms with E-state index >= 15 is 0 Å². The Bertz CT molecular complexity index is 505. The van der Waals surface area contributed by atoms with E-state index in [0.717, 1.165) is 39.0 Å². The van der Waals surface area contributed by atoms with Gasteiger partial charge < -0.3 is 15.5 Å². The van der Waals surface area contributed by atoms with Crippen molar-refractivity contribution >= 4 is 17.5 Å². The summed E-state index contributed by atoms with van der Waals surface area (Å²) in [6.07, 6.45) is 2.12. The summed E-state index contributed by atoms with van der Waals surface area (Å²) < 4.78 is 0. The van der Waals surface area contributed by atoms with Crippen LogP contribution in [0.5, 0.6) is 0 Å². The number of likely N-dealkylation sites (tertiary alicyclic amines) is 1. The molecule has 0 radical (unpaired) electrons. The van der Waals surface area contributed by atoms with Crippen molar-refractivity contribution in [2.75, 3.05) is 31.5 Å². The fourth-order valence-electron chi connectivity index (χ4n) is 2.77. The van der Waals surface area contributed by atoms with E-state index in [2.05, 4.69) is 17.6 Å². The van der Waals surface area contributed by atoms with Crippen molar-refractivity contribution in [3.05, 3.63) is 29.8 Å². The number of anilines is 1. The van der Waals surface area contributed by atoms with Gasteiger partial charge in [-0.1, -0.05) is 6.92 Å². The van der Waals surface area contributed by atoms with Crippen LogP contribution in [0, 0.1) is 5.92 Å². The number of carbonyl (C=O) groups is 2. The van der Waals surface area contributed by atoms with E-state index < -0.39 is 0 Å². The lowest BCUT2D eigenvalue weighted by molar-refractivity contribution is -0.114. The van der Waals surface area contributed by atoms with Crippen LogP contribution in [-0.2, 0) is 4.79 Å². The molecular weight excluding hydrogens is 278 g/mol. The molecule has 2 amide bonds. The fourth-order valence-corrected chi connectivity index (χ4v) is 2.77. The summed E-state index contributed by atoms with van der Waals surface area (Å²) in [5.74, 6) is 0.643. The molecular formula is C17H25N3O2. The molecule has 0 aromatic heterocycles. The van der Waals surface area contributed by atoms with Crippen molar-refractivity contribution in [3.8, 4) is 0 Å². The lowest BCUT2D eigenvalue weighted by Crippen LogP contribution is -2.40. The van der Waals surface area contributed by atoms with Crippen molar-refractivity contribution < 1.29 is 9.59 Å². The third kappa shape index (κ3) is 4.56. The van der Waals surface area contributed by atoms with Crippen LogP contribution in [0.15, 0.2) is 24.3 Å². The summed E-state index contributed by atoms with van der Waals surface area (Å²) in [7, 11) is 0. The summed E-state index contributed by atoms with van der Waals surface area (Å²) >= 11 is 0. The maximum Gasteiger partial charge on any atom is 0.253 e. The van der Waals surface area contributed by atoms with E-state index in [4.69, 9.17) is 0 Å². The van der Waals surface area contributed by atoms with Crippen molar-refractivity contribution in [2.24, 2.45) is 5.92 Å². The molecule has 0 atom stereocenters. The lowest BCUT2D eigenvalue weighted by Gasteiger charge is -2.32. The quantitative estimate of drug-likeness (QED) is 0.876. The number of nitrogens with one attached hydrogen (secondary N) is 2. The zero-order valence-electron chi connectivity index (χ0n) is 13.4. The number of rotatable bonds is 5. The molecule has 2 rings (SSSR count). The predicted molar refractivity (Wildman–Crippen MR) is 87.9 cm³/mol. The van der Waals surface area contributed by atoms with Gasteiger partial charge in [-0.3, -0.25) is 9.59 Å². The van der Waals surface area contributed by atoms with Gasteiger partial charge in [0.1, 0.15) is 0 Å². The highest BCUT2D eigenvalue weighted by Gasteiger charge is 2.23. The number of hydrogen-bond donors (Lipinski definition) is 2. The highest BCUT2D eigenvalue weighted by molar-refractivity contribution is 5.95. The van der Waals surface area contributed by atoms with Crippen LogP contribution >= 0.6 is 0 Å². The smallest absolute Gasteiger partial charge is 0.253 e. The Kier molecular flexibility index (Phi) is 5.95. The van der Waals surface area contributed by atoms with Crippen LogP contribution in [0.25, 0.3) is 0 Å². The van der Waals surface area contributed by atoms with E-state index in [-0.39, 0.29) is 11.8 Å². The van der Waals surface area contributed by atoms with Gasteiger partial charge in [0, 0.05) is 31.3 Å². The number of piperidine rings is 1. The van der Waals surface area contributed by atoms with Gasteiger partial charge in [0.25, 0.3) is 5.91 Å². The van der Waals surface area contributed by atoms with Crippen LogP contribution < -0.4 is 10.6 Å². The molecule has 0 saturated carbocycles. The van der Waals surface area contributed by atoms with Crippen LogP contribution in [-0.4, -0.2) is 42.9 Å². The van der Waals surface area contributed by atoms with E-state index in [1.165, 1.54) is 6.92 Å². The van der Waals surface area contributed by atoms with E-state index in [1.807, 2.05) is 4.90 Å². The Balaban J connectivity index is 1.88. The van der Waals surface area contributed by atoms with Gasteiger partial charge in [-0.15, -0.1) is 0 Å². The molecule has 120 valence electrons. The summed E-state index contributed by atoms with van der Waals surface area (Å²) in [6.45, 7) is 7.27. The first-order valence-corrected chi connectivity index (χ1v) is 7.97. The van der Waals surface area contributed by atoms with Crippen LogP contribution in [0.1, 0.15) is 37.0 Å². The predicted octanol–water partition coefficient (Wildman–Crippen LogP) is 2.11. The molecule has 2 N–H and O–H groups in total. The molecule has 22 heavy (non-hydrogen) atoms. The first kappa shape index (κ1) is 16.5. The van der Waals surface area contributed by atoms with Crippen molar-refractivity contribution in [1.29, 1.82) is 0 Å². The average Bonchev–Trinajstić information content (AvgIpc) is 2.53. The number of amides is 2. The van der Waals surface area contributed by atoms with Crippen molar-refractivity contribution in [2.45, 2.75) is 26.7 Å². The highest BCUT2D eigenvalue weighted by atomic mass is 16.2. The second kappa shape index (κ2) is 7.94. The van der Waals surface area contributed by atoms with Gasteiger partial charge in [0.05, 0.1) is 0 Å². The summed E-state index contributed by atoms with van der Waals surface area (Å²) in [4.78, 5) is 25.4. The largest absolute Gasteiger partial charge is 0.339 e. The molecule has 0 bridgehead atoms. The molecule has 1 aliphatic heterocycles. The summed E-state index contributed by atoms with van der Waals surface area (Å²) in [5.41, 5.74) is 1.40. The maximum absolute atomic E-state index is 12.5. The normalized spacial score (nSPS) is 15.6. The molecule has 1 saturated heterocycles. The second-order valence-electron chi connectivity index (χ2n) is 5.80. The molecule has 5 heteroatoms. The minimum atomic E-state index is -0.109. The molecule has 5 nitrogen and oxygen atoms in total. The molecule has 1 aromatic carbocycles. The Morgan fingerprint density at radius 2 is 1.82 bits per heavy atom. The van der Waals surface area contributed by atoms with Gasteiger partial charge >= 0.3 is 0 Å². The van der Waals surface area contributed by atoms with Gasteiger partial charge in [-0.25, -0.2) is 0 Å². The highest BCUT2D eigenvalue weighted by Crippen LogP contribution is 2.19. The lowest BCUT2D eigenvalue weighted by atomic mass is 9.96. The van der Waals surface area contributed by atoms with Crippen molar-refractivity contribution in [3.63, 3.8) is 0 Å². The molecule has 1 fully saturated rings. The number of benzene rings is 1. The van der Waals surface area contributed by atoms with E-state index in [1.54, 1.807) is 24.3 Å². The van der Waals surface area contributed by atoms with E-state index in [9.17, 15) is 9.59 Å². The Hall–Kier alpha value is -1.88. The van der Waals surface area contributed by atoms with Gasteiger partial charge in [-0.2, -0.15) is 0 Å². The molecule has 0 aliphatic carbocycles. The van der Waals surface area contributed by atoms with Gasteiger partial charge in [0.2, 0.25) is 5.91 Å². The Labute approximate surface area is 132 Å². The Morgan fingerprint density at radius 3 is 2.36 bits per heavy atom. The molecule has 1 aliphatic rings. The minimum absolute atomic E-state index is 0.0799. The van der Waals surface area contributed by atoms with Crippen molar-refractivity contribution in [1.82, 2.24) is 10.2 Å². The summed E-state index contributed by atoms with van der Waals surface area (Å²) in [5, 5.41) is 6.08. The van der Waals surface area contributed by atoms with Gasteiger partial charge in [0.15, 0.2) is 0 Å². The first-order chi connectivity index (χ1) is 10.6. The fraction of sp³-hybridized carbons (Fsp3) is 0.529. The number of hydrogen-bond acceptors (Lipinski definition) is 3. The Morgan fingerprint density at radius 1 is 1.18 bits per heavy atom. The van der Waals surface area contributed by atoms with E-state index in [0.29, 0.717) is 17.2 Å². The zero-order chi connectivity index (χ0) is 15.9. The first-order valence-electron chi connectivity index (χ1n) is 7.97.